The highest BCUT2D eigenvalue weighted by Gasteiger charge is 2.32. The van der Waals surface area contributed by atoms with Crippen molar-refractivity contribution >= 4 is 17.5 Å². The Morgan fingerprint density at radius 1 is 1.63 bits per heavy atom. The highest BCUT2D eigenvalue weighted by molar-refractivity contribution is 6.30. The van der Waals surface area contributed by atoms with Crippen molar-refractivity contribution in [1.82, 2.24) is 10.6 Å². The van der Waals surface area contributed by atoms with E-state index in [2.05, 4.69) is 10.6 Å². The molecule has 0 radical (unpaired) electrons. The lowest BCUT2D eigenvalue weighted by Crippen LogP contribution is -2.46. The zero-order chi connectivity index (χ0) is 13.8. The molecule has 4 nitrogen and oxygen atoms in total. The Hall–Kier alpha value is -1.17. The molecule has 1 amide bonds. The summed E-state index contributed by atoms with van der Waals surface area (Å²) in [6.45, 7) is 0.849. The van der Waals surface area contributed by atoms with E-state index in [9.17, 15) is 9.18 Å². The molecule has 1 unspecified atom stereocenters. The van der Waals surface area contributed by atoms with E-state index in [1.54, 1.807) is 19.2 Å². The number of hydrogen-bond donors (Lipinski definition) is 2. The van der Waals surface area contributed by atoms with Crippen molar-refractivity contribution in [2.75, 3.05) is 13.7 Å². The van der Waals surface area contributed by atoms with Gasteiger partial charge in [-0.3, -0.25) is 4.79 Å². The topological polar surface area (TPSA) is 50.4 Å². The fourth-order valence-corrected chi connectivity index (χ4v) is 2.37. The smallest absolute Gasteiger partial charge is 0.240 e. The summed E-state index contributed by atoms with van der Waals surface area (Å²) in [4.78, 5) is 12.0. The Morgan fingerprint density at radius 2 is 2.42 bits per heavy atom. The van der Waals surface area contributed by atoms with Crippen molar-refractivity contribution in [3.63, 3.8) is 0 Å². The third kappa shape index (κ3) is 3.23. The summed E-state index contributed by atoms with van der Waals surface area (Å²) in [5.74, 6) is -0.684. The minimum atomic E-state index is -0.493. The van der Waals surface area contributed by atoms with Gasteiger partial charge in [-0.15, -0.1) is 0 Å². The van der Waals surface area contributed by atoms with Crippen LogP contribution in [0, 0.1) is 5.82 Å². The highest BCUT2D eigenvalue weighted by atomic mass is 35.5. The fraction of sp³-hybridized carbons (Fsp3) is 0.462. The molecule has 1 aliphatic heterocycles. The fourth-order valence-electron chi connectivity index (χ4n) is 2.17. The van der Waals surface area contributed by atoms with Crippen LogP contribution in [0.25, 0.3) is 0 Å². The largest absolute Gasteiger partial charge is 0.379 e. The molecular weight excluding hydrogens is 271 g/mol. The van der Waals surface area contributed by atoms with Gasteiger partial charge < -0.3 is 15.4 Å². The van der Waals surface area contributed by atoms with E-state index in [4.69, 9.17) is 16.3 Å². The summed E-state index contributed by atoms with van der Waals surface area (Å²) in [6.07, 6.45) is 0.657. The van der Waals surface area contributed by atoms with Crippen molar-refractivity contribution in [2.24, 2.45) is 0 Å². The second kappa shape index (κ2) is 6.32. The predicted molar refractivity (Wildman–Crippen MR) is 70.5 cm³/mol. The van der Waals surface area contributed by atoms with Gasteiger partial charge in [0, 0.05) is 19.2 Å². The van der Waals surface area contributed by atoms with E-state index in [1.807, 2.05) is 0 Å². The van der Waals surface area contributed by atoms with Crippen LogP contribution in [0.5, 0.6) is 0 Å². The quantitative estimate of drug-likeness (QED) is 0.881. The van der Waals surface area contributed by atoms with Crippen molar-refractivity contribution in [2.45, 2.75) is 25.1 Å². The Kier molecular flexibility index (Phi) is 4.74. The number of ether oxygens (including phenoxy) is 1. The molecule has 1 heterocycles. The number of carbonyl (C=O) groups excluding carboxylic acids is 1. The third-order valence-corrected chi connectivity index (χ3v) is 3.53. The molecule has 0 spiro atoms. The van der Waals surface area contributed by atoms with E-state index >= 15 is 0 Å². The molecule has 1 fully saturated rings. The average Bonchev–Trinajstić information content (AvgIpc) is 2.88. The maximum atomic E-state index is 13.6. The van der Waals surface area contributed by atoms with Gasteiger partial charge in [0.05, 0.1) is 11.1 Å². The number of benzene rings is 1. The maximum Gasteiger partial charge on any atom is 0.240 e. The maximum absolute atomic E-state index is 13.6. The van der Waals surface area contributed by atoms with Crippen LogP contribution in [0.15, 0.2) is 18.2 Å². The van der Waals surface area contributed by atoms with Crippen LogP contribution in [-0.2, 0) is 16.1 Å². The van der Waals surface area contributed by atoms with Crippen LogP contribution in [0.2, 0.25) is 5.02 Å². The van der Waals surface area contributed by atoms with Crippen LogP contribution < -0.4 is 10.6 Å². The molecular formula is C13H16ClFN2O2. The van der Waals surface area contributed by atoms with Gasteiger partial charge in [0.25, 0.3) is 0 Å². The molecule has 0 bridgehead atoms. The predicted octanol–water partition coefficient (Wildman–Crippen LogP) is 1.47. The lowest BCUT2D eigenvalue weighted by Gasteiger charge is -2.17. The minimum absolute atomic E-state index is 0.0560. The summed E-state index contributed by atoms with van der Waals surface area (Å²) in [5.41, 5.74) is 0.368. The first-order valence-electron chi connectivity index (χ1n) is 6.10. The standard InChI is InChI=1S/C13H16ClFN2O2/c1-19-10-5-6-16-12(10)13(18)17-7-8-3-2-4-9(14)11(8)15/h2-4,10,12,16H,5-7H2,1H3,(H,17,18)/t10-,12?/m1/s1. The zero-order valence-corrected chi connectivity index (χ0v) is 11.3. The molecule has 19 heavy (non-hydrogen) atoms. The van der Waals surface area contributed by atoms with E-state index in [1.165, 1.54) is 6.07 Å². The molecule has 1 saturated heterocycles. The number of rotatable bonds is 4. The normalized spacial score (nSPS) is 22.5. The van der Waals surface area contributed by atoms with Gasteiger partial charge in [0.15, 0.2) is 0 Å². The Bertz CT molecular complexity index is 470. The molecule has 2 atom stereocenters. The first-order valence-corrected chi connectivity index (χ1v) is 6.48. The third-order valence-electron chi connectivity index (χ3n) is 3.23. The molecule has 1 aliphatic rings. The number of methoxy groups -OCH3 is 1. The molecule has 1 aromatic rings. The molecule has 6 heteroatoms. The second-order valence-corrected chi connectivity index (χ2v) is 4.83. The Morgan fingerprint density at radius 3 is 3.16 bits per heavy atom. The van der Waals surface area contributed by atoms with Gasteiger partial charge in [0.2, 0.25) is 5.91 Å². The Labute approximate surface area is 116 Å². The van der Waals surface area contributed by atoms with Crippen molar-refractivity contribution in [3.8, 4) is 0 Å². The molecule has 2 rings (SSSR count). The van der Waals surface area contributed by atoms with Gasteiger partial charge in [-0.05, 0) is 19.0 Å². The summed E-state index contributed by atoms with van der Waals surface area (Å²) >= 11 is 5.68. The van der Waals surface area contributed by atoms with Gasteiger partial charge in [-0.2, -0.15) is 0 Å². The van der Waals surface area contributed by atoms with E-state index in [0.29, 0.717) is 5.56 Å². The number of nitrogens with one attached hydrogen (secondary N) is 2. The van der Waals surface area contributed by atoms with E-state index in [0.717, 1.165) is 13.0 Å². The summed E-state index contributed by atoms with van der Waals surface area (Å²) in [5, 5.41) is 5.81. The number of carbonyl (C=O) groups is 1. The molecule has 2 N–H and O–H groups in total. The van der Waals surface area contributed by atoms with Crippen LogP contribution >= 0.6 is 11.6 Å². The average molecular weight is 287 g/mol. The lowest BCUT2D eigenvalue weighted by molar-refractivity contribution is -0.125. The van der Waals surface area contributed by atoms with E-state index < -0.39 is 5.82 Å². The number of halogens is 2. The van der Waals surface area contributed by atoms with E-state index in [-0.39, 0.29) is 29.6 Å². The van der Waals surface area contributed by atoms with Crippen molar-refractivity contribution < 1.29 is 13.9 Å². The van der Waals surface area contributed by atoms with Crippen LogP contribution in [-0.4, -0.2) is 31.7 Å². The molecule has 1 aromatic carbocycles. The van der Waals surface area contributed by atoms with Gasteiger partial charge >= 0.3 is 0 Å². The SMILES string of the molecule is CO[C@@H]1CCNC1C(=O)NCc1cccc(Cl)c1F. The lowest BCUT2D eigenvalue weighted by atomic mass is 10.1. The van der Waals surface area contributed by atoms with Gasteiger partial charge in [-0.1, -0.05) is 23.7 Å². The van der Waals surface area contributed by atoms with Crippen LogP contribution in [0.4, 0.5) is 4.39 Å². The second-order valence-electron chi connectivity index (χ2n) is 4.43. The van der Waals surface area contributed by atoms with Crippen LogP contribution in [0.3, 0.4) is 0 Å². The van der Waals surface area contributed by atoms with Gasteiger partial charge in [0.1, 0.15) is 11.9 Å². The van der Waals surface area contributed by atoms with Crippen molar-refractivity contribution in [1.29, 1.82) is 0 Å². The first-order chi connectivity index (χ1) is 9.13. The number of amides is 1. The Balaban J connectivity index is 1.95. The van der Waals surface area contributed by atoms with Crippen molar-refractivity contribution in [3.05, 3.63) is 34.6 Å². The summed E-state index contributed by atoms with van der Waals surface area (Å²) < 4.78 is 18.9. The number of hydrogen-bond acceptors (Lipinski definition) is 3. The highest BCUT2D eigenvalue weighted by Crippen LogP contribution is 2.18. The molecule has 0 saturated carbocycles. The minimum Gasteiger partial charge on any atom is -0.379 e. The van der Waals surface area contributed by atoms with Crippen LogP contribution in [0.1, 0.15) is 12.0 Å². The molecule has 0 aliphatic carbocycles. The van der Waals surface area contributed by atoms with Gasteiger partial charge in [-0.25, -0.2) is 4.39 Å². The summed E-state index contributed by atoms with van der Waals surface area (Å²) in [7, 11) is 1.58. The molecule has 0 aromatic heterocycles. The first kappa shape index (κ1) is 14.2. The molecule has 104 valence electrons. The summed E-state index contributed by atoms with van der Waals surface area (Å²) in [6, 6.07) is 4.34. The zero-order valence-electron chi connectivity index (χ0n) is 10.6. The monoisotopic (exact) mass is 286 g/mol.